The van der Waals surface area contributed by atoms with Crippen LogP contribution < -0.4 is 10.2 Å². The van der Waals surface area contributed by atoms with Crippen molar-refractivity contribution in [2.24, 2.45) is 0 Å². The molecule has 0 saturated carbocycles. The maximum absolute atomic E-state index is 11.8. The van der Waals surface area contributed by atoms with Gasteiger partial charge in [-0.25, -0.2) is 4.68 Å². The molecule has 152 valence electrons. The van der Waals surface area contributed by atoms with Crippen LogP contribution in [0.1, 0.15) is 25.1 Å². The lowest BCUT2D eigenvalue weighted by Crippen LogP contribution is -2.25. The number of hydrogen-bond acceptors (Lipinski definition) is 7. The highest BCUT2D eigenvalue weighted by molar-refractivity contribution is 5.77. The molecule has 0 radical (unpaired) electrons. The van der Waals surface area contributed by atoms with Gasteiger partial charge in [-0.1, -0.05) is 17.3 Å². The fourth-order valence-corrected chi connectivity index (χ4v) is 3.08. The van der Waals surface area contributed by atoms with Crippen molar-refractivity contribution in [1.82, 2.24) is 15.0 Å². The monoisotopic (exact) mass is 406 g/mol. The molecule has 9 nitrogen and oxygen atoms in total. The van der Waals surface area contributed by atoms with Gasteiger partial charge in [0.05, 0.1) is 29.3 Å². The lowest BCUT2D eigenvalue weighted by molar-refractivity contribution is -0.384. The molecular formula is C21H18N4O5. The Labute approximate surface area is 170 Å². The Morgan fingerprint density at radius 2 is 2.03 bits per heavy atom. The molecule has 0 saturated heterocycles. The Hall–Kier alpha value is -4.01. The SMILES string of the molecule is CC(C)(Oc1ccc2c(=O)ccoc2c1)c1cn(Cc2cccc([N+](=O)[O-])c2)nn1. The summed E-state index contributed by atoms with van der Waals surface area (Å²) in [6.07, 6.45) is 3.08. The molecule has 0 amide bonds. The molecule has 0 N–H and O–H groups in total. The lowest BCUT2D eigenvalue weighted by atomic mass is 10.1. The first-order valence-electron chi connectivity index (χ1n) is 9.16. The van der Waals surface area contributed by atoms with Crippen LogP contribution >= 0.6 is 0 Å². The van der Waals surface area contributed by atoms with Gasteiger partial charge < -0.3 is 9.15 Å². The van der Waals surface area contributed by atoms with Crippen LogP contribution in [0.25, 0.3) is 11.0 Å². The molecule has 2 aromatic carbocycles. The van der Waals surface area contributed by atoms with E-state index in [1.807, 2.05) is 13.8 Å². The quantitative estimate of drug-likeness (QED) is 0.355. The van der Waals surface area contributed by atoms with Crippen molar-refractivity contribution in [2.45, 2.75) is 26.0 Å². The Bertz CT molecular complexity index is 1290. The Balaban J connectivity index is 1.54. The van der Waals surface area contributed by atoms with Crippen molar-refractivity contribution in [3.8, 4) is 5.75 Å². The first-order valence-corrected chi connectivity index (χ1v) is 9.16. The van der Waals surface area contributed by atoms with Crippen molar-refractivity contribution in [1.29, 1.82) is 0 Å². The summed E-state index contributed by atoms with van der Waals surface area (Å²) in [6, 6.07) is 12.8. The van der Waals surface area contributed by atoms with E-state index < -0.39 is 10.5 Å². The van der Waals surface area contributed by atoms with E-state index in [0.717, 1.165) is 5.56 Å². The van der Waals surface area contributed by atoms with Gasteiger partial charge in [-0.15, -0.1) is 5.10 Å². The third-order valence-electron chi connectivity index (χ3n) is 4.63. The van der Waals surface area contributed by atoms with Crippen LogP contribution in [0.2, 0.25) is 0 Å². The van der Waals surface area contributed by atoms with E-state index in [4.69, 9.17) is 9.15 Å². The third-order valence-corrected chi connectivity index (χ3v) is 4.63. The summed E-state index contributed by atoms with van der Waals surface area (Å²) in [5.41, 5.74) is 0.853. The van der Waals surface area contributed by atoms with E-state index in [9.17, 15) is 14.9 Å². The van der Waals surface area contributed by atoms with Gasteiger partial charge in [-0.2, -0.15) is 0 Å². The third kappa shape index (κ3) is 3.90. The number of hydrogen-bond donors (Lipinski definition) is 0. The zero-order valence-electron chi connectivity index (χ0n) is 16.3. The highest BCUT2D eigenvalue weighted by Crippen LogP contribution is 2.28. The predicted molar refractivity (Wildman–Crippen MR) is 108 cm³/mol. The second-order valence-electron chi connectivity index (χ2n) is 7.28. The van der Waals surface area contributed by atoms with Crippen LogP contribution in [0.5, 0.6) is 5.75 Å². The first kappa shape index (κ1) is 19.3. The van der Waals surface area contributed by atoms with E-state index in [0.29, 0.717) is 29.0 Å². The lowest BCUT2D eigenvalue weighted by Gasteiger charge is -2.24. The minimum Gasteiger partial charge on any atom is -0.481 e. The summed E-state index contributed by atoms with van der Waals surface area (Å²) in [6.45, 7) is 4.03. The fraction of sp³-hybridized carbons (Fsp3) is 0.190. The second kappa shape index (κ2) is 7.43. The number of rotatable bonds is 6. The standard InChI is InChI=1S/C21H18N4O5/c1-21(2,30-16-6-7-17-18(26)8-9-29-19(17)11-16)20-13-24(23-22-20)12-14-4-3-5-15(10-14)25(27)28/h3-11,13H,12H2,1-2H3. The number of non-ortho nitro benzene ring substituents is 1. The van der Waals surface area contributed by atoms with Crippen molar-refractivity contribution < 1.29 is 14.1 Å². The smallest absolute Gasteiger partial charge is 0.269 e. The number of nitro groups is 1. The topological polar surface area (TPSA) is 113 Å². The largest absolute Gasteiger partial charge is 0.481 e. The molecule has 30 heavy (non-hydrogen) atoms. The first-order chi connectivity index (χ1) is 14.3. The normalized spacial score (nSPS) is 11.5. The molecule has 4 rings (SSSR count). The van der Waals surface area contributed by atoms with Gasteiger partial charge in [0.2, 0.25) is 0 Å². The minimum absolute atomic E-state index is 0.0273. The molecule has 0 aliphatic rings. The summed E-state index contributed by atoms with van der Waals surface area (Å²) < 4.78 is 13.1. The molecule has 0 bridgehead atoms. The van der Waals surface area contributed by atoms with Crippen molar-refractivity contribution in [2.75, 3.05) is 0 Å². The van der Waals surface area contributed by atoms with Gasteiger partial charge >= 0.3 is 0 Å². The molecule has 0 spiro atoms. The summed E-state index contributed by atoms with van der Waals surface area (Å²) in [7, 11) is 0. The molecule has 0 atom stereocenters. The number of benzene rings is 2. The molecule has 2 heterocycles. The predicted octanol–water partition coefficient (Wildman–Crippen LogP) is 3.66. The molecular weight excluding hydrogens is 388 g/mol. The summed E-state index contributed by atoms with van der Waals surface area (Å²) in [5, 5.41) is 19.7. The summed E-state index contributed by atoms with van der Waals surface area (Å²) >= 11 is 0. The van der Waals surface area contributed by atoms with Gasteiger partial charge in [-0.05, 0) is 31.5 Å². The average molecular weight is 406 g/mol. The van der Waals surface area contributed by atoms with E-state index >= 15 is 0 Å². The zero-order chi connectivity index (χ0) is 21.3. The molecule has 0 aliphatic carbocycles. The molecule has 0 fully saturated rings. The summed E-state index contributed by atoms with van der Waals surface area (Å²) in [5.74, 6) is 0.523. The van der Waals surface area contributed by atoms with Gasteiger partial charge in [0, 0.05) is 24.3 Å². The number of ether oxygens (including phenoxy) is 1. The van der Waals surface area contributed by atoms with Gasteiger partial charge in [0.15, 0.2) is 5.43 Å². The van der Waals surface area contributed by atoms with Gasteiger partial charge in [-0.3, -0.25) is 14.9 Å². The average Bonchev–Trinajstić information content (AvgIpc) is 3.17. The van der Waals surface area contributed by atoms with Crippen LogP contribution in [0.15, 0.2) is 70.2 Å². The number of nitrogens with zero attached hydrogens (tertiary/aromatic N) is 4. The Morgan fingerprint density at radius 3 is 2.83 bits per heavy atom. The van der Waals surface area contributed by atoms with E-state index in [1.54, 1.807) is 41.2 Å². The molecule has 0 unspecified atom stereocenters. The zero-order valence-corrected chi connectivity index (χ0v) is 16.3. The van der Waals surface area contributed by atoms with Gasteiger partial charge in [0.1, 0.15) is 22.6 Å². The van der Waals surface area contributed by atoms with Crippen molar-refractivity contribution in [3.05, 3.63) is 92.6 Å². The fourth-order valence-electron chi connectivity index (χ4n) is 3.08. The van der Waals surface area contributed by atoms with Gasteiger partial charge in [0.25, 0.3) is 5.69 Å². The Kier molecular flexibility index (Phi) is 4.78. The molecule has 9 heteroatoms. The van der Waals surface area contributed by atoms with Crippen LogP contribution in [-0.2, 0) is 12.1 Å². The minimum atomic E-state index is -0.816. The second-order valence-corrected chi connectivity index (χ2v) is 7.28. The maximum Gasteiger partial charge on any atom is 0.269 e. The van der Waals surface area contributed by atoms with E-state index in [1.165, 1.54) is 24.5 Å². The highest BCUT2D eigenvalue weighted by Gasteiger charge is 2.27. The van der Waals surface area contributed by atoms with Crippen LogP contribution in [0.4, 0.5) is 5.69 Å². The number of nitro benzene ring substituents is 1. The molecule has 4 aromatic rings. The summed E-state index contributed by atoms with van der Waals surface area (Å²) in [4.78, 5) is 22.4. The van der Waals surface area contributed by atoms with Crippen molar-refractivity contribution in [3.63, 3.8) is 0 Å². The van der Waals surface area contributed by atoms with Crippen LogP contribution in [-0.4, -0.2) is 19.9 Å². The van der Waals surface area contributed by atoms with E-state index in [-0.39, 0.29) is 11.1 Å². The number of aromatic nitrogens is 3. The van der Waals surface area contributed by atoms with Crippen molar-refractivity contribution >= 4 is 16.7 Å². The highest BCUT2D eigenvalue weighted by atomic mass is 16.6. The Morgan fingerprint density at radius 1 is 1.20 bits per heavy atom. The van der Waals surface area contributed by atoms with Crippen LogP contribution in [0, 0.1) is 10.1 Å². The maximum atomic E-state index is 11.8. The van der Waals surface area contributed by atoms with E-state index in [2.05, 4.69) is 10.3 Å². The van der Waals surface area contributed by atoms with Crippen LogP contribution in [0.3, 0.4) is 0 Å². The number of fused-ring (bicyclic) bond motifs is 1. The molecule has 2 aromatic heterocycles. The molecule has 0 aliphatic heterocycles.